The van der Waals surface area contributed by atoms with Crippen LogP contribution in [0.15, 0.2) is 39.5 Å². The third-order valence-electron chi connectivity index (χ3n) is 6.54. The van der Waals surface area contributed by atoms with Gasteiger partial charge in [0.15, 0.2) is 5.65 Å². The van der Waals surface area contributed by atoms with Crippen LogP contribution >= 0.6 is 15.9 Å². The molecular formula is C24H27BrN8O3. The number of nitrogens with zero attached hydrogens (tertiary/aromatic N) is 6. The molecule has 3 heterocycles. The molecule has 0 radical (unpaired) electrons. The van der Waals surface area contributed by atoms with Crippen molar-refractivity contribution in [2.75, 3.05) is 12.4 Å². The van der Waals surface area contributed by atoms with E-state index in [4.69, 9.17) is 9.40 Å². The third-order valence-corrected chi connectivity index (χ3v) is 7.12. The standard InChI is InChI=1S/C24H27BrN8O3/c1-23(2,35)21-31-30-19(36-21)13-5-7-15(8-6-13)33-18-16(17(25)32-33)12-27-22(29-18)28-14-9-10-24(3,11-14)20(34)26-4/h5-8,12,14,35H,9-11H2,1-4H3,(H,26,34)(H,27,28,29)/t14-,24-/m1/s1. The maximum atomic E-state index is 12.3. The number of carbonyl (C=O) groups is 1. The zero-order valence-corrected chi connectivity index (χ0v) is 22.0. The lowest BCUT2D eigenvalue weighted by molar-refractivity contribution is -0.129. The summed E-state index contributed by atoms with van der Waals surface area (Å²) in [5, 5.41) is 29.6. The highest BCUT2D eigenvalue weighted by atomic mass is 79.9. The van der Waals surface area contributed by atoms with Gasteiger partial charge in [0.2, 0.25) is 23.6 Å². The van der Waals surface area contributed by atoms with Crippen LogP contribution < -0.4 is 10.6 Å². The van der Waals surface area contributed by atoms with Gasteiger partial charge in [-0.3, -0.25) is 4.79 Å². The highest BCUT2D eigenvalue weighted by Gasteiger charge is 2.41. The summed E-state index contributed by atoms with van der Waals surface area (Å²) in [5.74, 6) is 1.02. The van der Waals surface area contributed by atoms with Gasteiger partial charge in [-0.25, -0.2) is 9.67 Å². The maximum absolute atomic E-state index is 12.3. The van der Waals surface area contributed by atoms with Crippen LogP contribution in [0.3, 0.4) is 0 Å². The monoisotopic (exact) mass is 554 g/mol. The zero-order chi connectivity index (χ0) is 25.7. The molecule has 1 aromatic carbocycles. The molecule has 4 aromatic rings. The molecule has 5 rings (SSSR count). The summed E-state index contributed by atoms with van der Waals surface area (Å²) in [4.78, 5) is 21.5. The number of amides is 1. The topological polar surface area (TPSA) is 144 Å². The number of fused-ring (bicyclic) bond motifs is 1. The number of hydrogen-bond donors (Lipinski definition) is 3. The van der Waals surface area contributed by atoms with Crippen LogP contribution in [0.4, 0.5) is 5.95 Å². The van der Waals surface area contributed by atoms with Gasteiger partial charge in [0.05, 0.1) is 11.1 Å². The molecule has 188 valence electrons. The number of aromatic nitrogens is 6. The number of nitrogens with one attached hydrogen (secondary N) is 2. The number of benzene rings is 1. The Balaban J connectivity index is 1.40. The van der Waals surface area contributed by atoms with E-state index in [1.54, 1.807) is 31.8 Å². The summed E-state index contributed by atoms with van der Waals surface area (Å²) in [6.45, 7) is 5.17. The van der Waals surface area contributed by atoms with Crippen LogP contribution in [0, 0.1) is 5.41 Å². The fourth-order valence-electron chi connectivity index (χ4n) is 4.51. The SMILES string of the molecule is CNC(=O)[C@]1(C)CC[C@@H](Nc2ncc3c(Br)nn(-c4ccc(-c5nnc(C(C)(C)O)o5)cc4)c3n2)C1. The van der Waals surface area contributed by atoms with Crippen molar-refractivity contribution in [2.45, 2.75) is 51.7 Å². The molecule has 0 spiro atoms. The smallest absolute Gasteiger partial charge is 0.247 e. The first-order valence-electron chi connectivity index (χ1n) is 11.6. The van der Waals surface area contributed by atoms with E-state index in [1.165, 1.54) is 0 Å². The van der Waals surface area contributed by atoms with Gasteiger partial charge in [-0.2, -0.15) is 10.1 Å². The second-order valence-electron chi connectivity index (χ2n) is 9.88. The minimum Gasteiger partial charge on any atom is -0.418 e. The molecule has 1 aliphatic carbocycles. The van der Waals surface area contributed by atoms with Crippen molar-refractivity contribution in [2.24, 2.45) is 5.41 Å². The van der Waals surface area contributed by atoms with Crippen molar-refractivity contribution >= 4 is 38.8 Å². The van der Waals surface area contributed by atoms with Crippen molar-refractivity contribution in [3.05, 3.63) is 41.0 Å². The molecule has 1 saturated carbocycles. The van der Waals surface area contributed by atoms with E-state index in [-0.39, 0.29) is 17.8 Å². The largest absolute Gasteiger partial charge is 0.418 e. The molecule has 11 nitrogen and oxygen atoms in total. The van der Waals surface area contributed by atoms with Crippen LogP contribution in [-0.4, -0.2) is 54.0 Å². The van der Waals surface area contributed by atoms with E-state index >= 15 is 0 Å². The number of halogens is 1. The zero-order valence-electron chi connectivity index (χ0n) is 20.4. The molecule has 3 aromatic heterocycles. The summed E-state index contributed by atoms with van der Waals surface area (Å²) in [7, 11) is 1.67. The molecular weight excluding hydrogens is 528 g/mol. The predicted octanol–water partition coefficient (Wildman–Crippen LogP) is 3.57. The first-order valence-corrected chi connectivity index (χ1v) is 12.4. The van der Waals surface area contributed by atoms with Crippen molar-refractivity contribution in [1.29, 1.82) is 0 Å². The quantitative estimate of drug-likeness (QED) is 0.325. The van der Waals surface area contributed by atoms with E-state index < -0.39 is 11.0 Å². The van der Waals surface area contributed by atoms with Crippen LogP contribution in [-0.2, 0) is 10.4 Å². The lowest BCUT2D eigenvalue weighted by atomic mass is 9.87. The molecule has 1 fully saturated rings. The van der Waals surface area contributed by atoms with Gasteiger partial charge in [0.25, 0.3) is 0 Å². The molecule has 1 amide bonds. The Morgan fingerprint density at radius 3 is 2.69 bits per heavy atom. The molecule has 36 heavy (non-hydrogen) atoms. The second-order valence-corrected chi connectivity index (χ2v) is 10.6. The van der Waals surface area contributed by atoms with Gasteiger partial charge in [0, 0.05) is 30.3 Å². The number of anilines is 1. The van der Waals surface area contributed by atoms with E-state index in [2.05, 4.69) is 46.8 Å². The number of aliphatic hydroxyl groups is 1. The number of hydrogen-bond acceptors (Lipinski definition) is 9. The summed E-state index contributed by atoms with van der Waals surface area (Å²) >= 11 is 3.51. The molecule has 3 N–H and O–H groups in total. The van der Waals surface area contributed by atoms with Crippen molar-refractivity contribution in [3.63, 3.8) is 0 Å². The van der Waals surface area contributed by atoms with Gasteiger partial charge >= 0.3 is 0 Å². The molecule has 0 bridgehead atoms. The molecule has 0 saturated heterocycles. The second kappa shape index (κ2) is 8.93. The first kappa shape index (κ1) is 24.3. The summed E-state index contributed by atoms with van der Waals surface area (Å²) in [6.07, 6.45) is 4.11. The number of rotatable bonds is 6. The van der Waals surface area contributed by atoms with Gasteiger partial charge in [-0.05, 0) is 73.3 Å². The molecule has 0 aliphatic heterocycles. The Morgan fingerprint density at radius 2 is 2.03 bits per heavy atom. The van der Waals surface area contributed by atoms with Gasteiger partial charge in [0.1, 0.15) is 10.2 Å². The highest BCUT2D eigenvalue weighted by molar-refractivity contribution is 9.10. The molecule has 1 aliphatic rings. The Morgan fingerprint density at radius 1 is 1.28 bits per heavy atom. The Bertz CT molecular complexity index is 1430. The highest BCUT2D eigenvalue weighted by Crippen LogP contribution is 2.39. The van der Waals surface area contributed by atoms with Crippen molar-refractivity contribution in [1.82, 2.24) is 35.3 Å². The molecule has 12 heteroatoms. The lowest BCUT2D eigenvalue weighted by Crippen LogP contribution is -2.35. The third kappa shape index (κ3) is 4.46. The summed E-state index contributed by atoms with van der Waals surface area (Å²) in [6, 6.07) is 7.55. The van der Waals surface area contributed by atoms with Crippen molar-refractivity contribution < 1.29 is 14.3 Å². The summed E-state index contributed by atoms with van der Waals surface area (Å²) < 4.78 is 7.98. The normalized spacial score (nSPS) is 20.1. The van der Waals surface area contributed by atoms with Crippen LogP contribution in [0.5, 0.6) is 0 Å². The fourth-order valence-corrected chi connectivity index (χ4v) is 4.94. The van der Waals surface area contributed by atoms with Crippen molar-refractivity contribution in [3.8, 4) is 17.1 Å². The average molecular weight is 555 g/mol. The Hall–Kier alpha value is -3.38. The Kier molecular flexibility index (Phi) is 6.03. The predicted molar refractivity (Wildman–Crippen MR) is 136 cm³/mol. The summed E-state index contributed by atoms with van der Waals surface area (Å²) in [5.41, 5.74) is 0.538. The Labute approximate surface area is 215 Å². The first-order chi connectivity index (χ1) is 17.1. The number of carbonyl (C=O) groups excluding carboxylic acids is 1. The van der Waals surface area contributed by atoms with Gasteiger partial charge in [-0.15, -0.1) is 10.2 Å². The van der Waals surface area contributed by atoms with Crippen LogP contribution in [0.25, 0.3) is 28.2 Å². The maximum Gasteiger partial charge on any atom is 0.247 e. The average Bonchev–Trinajstić information content (AvgIpc) is 3.57. The van der Waals surface area contributed by atoms with Crippen LogP contribution in [0.1, 0.15) is 45.9 Å². The van der Waals surface area contributed by atoms with E-state index in [0.29, 0.717) is 28.5 Å². The minimum atomic E-state index is -1.21. The minimum absolute atomic E-state index is 0.0606. The lowest BCUT2D eigenvalue weighted by Gasteiger charge is -2.22. The van der Waals surface area contributed by atoms with Crippen LogP contribution in [0.2, 0.25) is 0 Å². The van der Waals surface area contributed by atoms with E-state index in [9.17, 15) is 9.90 Å². The van der Waals surface area contributed by atoms with E-state index in [1.807, 2.05) is 31.2 Å². The van der Waals surface area contributed by atoms with Gasteiger partial charge < -0.3 is 20.2 Å². The fraction of sp³-hybridized carbons (Fsp3) is 0.417. The molecule has 0 unspecified atom stereocenters. The van der Waals surface area contributed by atoms with E-state index in [0.717, 1.165) is 29.5 Å². The van der Waals surface area contributed by atoms with Gasteiger partial charge in [-0.1, -0.05) is 6.92 Å². The molecule has 2 atom stereocenters.